The molecular formula is C56H94. The Morgan fingerprint density at radius 3 is 0.732 bits per heavy atom. The molecule has 0 saturated heterocycles. The maximum atomic E-state index is 4.23. The van der Waals surface area contributed by atoms with Crippen molar-refractivity contribution in [2.75, 3.05) is 0 Å². The SMILES string of the molecule is C=Cc1ccc(C23CC4(CC(C)C)CC5(CC(C)C)CC6(CC(C)C)CC(CC(C)C)(C4)CC(CC(C)C)(CC(CC(C)C)(C6)CC(CC(C)C)(C5)C2)C3)cc1. The van der Waals surface area contributed by atoms with Gasteiger partial charge in [-0.3, -0.25) is 0 Å². The third kappa shape index (κ3) is 9.31. The van der Waals surface area contributed by atoms with E-state index in [2.05, 4.69) is 134 Å². The molecule has 0 atom stereocenters. The molecule has 0 N–H and O–H groups in total. The van der Waals surface area contributed by atoms with Crippen molar-refractivity contribution in [3.8, 4) is 0 Å². The van der Waals surface area contributed by atoms with Crippen molar-refractivity contribution in [2.24, 2.45) is 79.3 Å². The number of hydrogen-bond donors (Lipinski definition) is 0. The summed E-state index contributed by atoms with van der Waals surface area (Å²) < 4.78 is 0. The Hall–Kier alpha value is -1.04. The van der Waals surface area contributed by atoms with Gasteiger partial charge in [0, 0.05) is 0 Å². The van der Waals surface area contributed by atoms with Crippen molar-refractivity contribution in [1.82, 2.24) is 0 Å². The maximum Gasteiger partial charge on any atom is -0.00311 e. The summed E-state index contributed by atoms with van der Waals surface area (Å²) in [7, 11) is 0. The van der Waals surface area contributed by atoms with Gasteiger partial charge in [0.05, 0.1) is 0 Å². The zero-order valence-corrected chi connectivity index (χ0v) is 40.1. The van der Waals surface area contributed by atoms with Crippen molar-refractivity contribution in [1.29, 1.82) is 0 Å². The molecule has 1 aromatic rings. The first-order chi connectivity index (χ1) is 25.9. The van der Waals surface area contributed by atoms with Gasteiger partial charge in [-0.15, -0.1) is 0 Å². The van der Waals surface area contributed by atoms with Crippen LogP contribution in [0.4, 0.5) is 0 Å². The Morgan fingerprint density at radius 2 is 0.554 bits per heavy atom. The minimum Gasteiger partial charge on any atom is -0.0985 e. The first-order valence-corrected chi connectivity index (χ1v) is 24.7. The monoisotopic (exact) mass is 767 g/mol. The van der Waals surface area contributed by atoms with Crippen LogP contribution in [0.25, 0.3) is 6.08 Å². The van der Waals surface area contributed by atoms with Gasteiger partial charge < -0.3 is 0 Å². The first kappa shape index (κ1) is 44.5. The van der Waals surface area contributed by atoms with Crippen molar-refractivity contribution in [3.63, 3.8) is 0 Å². The summed E-state index contributed by atoms with van der Waals surface area (Å²) >= 11 is 0. The standard InChI is InChI=1S/C56H94/c1-16-47-17-19-48(20-18-47)56-37-53(25-44(10)11)31-50(22-41(4)5)28-49(21-40(2)3)29-51(33-53,23-42(6)7)35-55(39-56,27-46(14)15)36-52(30-49,24-43(8)9)34-54(32-50,38-56)26-45(12)13/h16-20,40-46H,1,21-39H2,2-15H3. The second kappa shape index (κ2) is 15.8. The number of rotatable bonds is 16. The van der Waals surface area contributed by atoms with Gasteiger partial charge in [0.2, 0.25) is 0 Å². The molecule has 6 fully saturated rings. The topological polar surface area (TPSA) is 0 Å². The quantitative estimate of drug-likeness (QED) is 0.157. The summed E-state index contributed by atoms with van der Waals surface area (Å²) in [4.78, 5) is 0. The fourth-order valence-electron chi connectivity index (χ4n) is 19.7. The summed E-state index contributed by atoms with van der Waals surface area (Å²) in [5, 5.41) is 0. The third-order valence-electron chi connectivity index (χ3n) is 16.5. The molecule has 56 heavy (non-hydrogen) atoms. The fourth-order valence-corrected chi connectivity index (χ4v) is 19.7. The van der Waals surface area contributed by atoms with Gasteiger partial charge in [-0.1, -0.05) is 134 Å². The van der Waals surface area contributed by atoms with E-state index in [-0.39, 0.29) is 5.41 Å². The first-order valence-electron chi connectivity index (χ1n) is 24.7. The van der Waals surface area contributed by atoms with Crippen LogP contribution in [0.15, 0.2) is 30.8 Å². The van der Waals surface area contributed by atoms with Crippen molar-refractivity contribution < 1.29 is 0 Å². The van der Waals surface area contributed by atoms with Gasteiger partial charge in [-0.2, -0.15) is 0 Å². The Morgan fingerprint density at radius 1 is 0.357 bits per heavy atom. The lowest BCUT2D eigenvalue weighted by Gasteiger charge is -2.72. The highest BCUT2D eigenvalue weighted by atomic mass is 14.7. The zero-order chi connectivity index (χ0) is 41.2. The van der Waals surface area contributed by atoms with Crippen LogP contribution in [0.3, 0.4) is 0 Å². The Balaban J connectivity index is 1.80. The summed E-state index contributed by atoms with van der Waals surface area (Å²) in [6.45, 7) is 40.8. The number of hydrogen-bond acceptors (Lipinski definition) is 0. The highest BCUT2D eigenvalue weighted by Gasteiger charge is 2.69. The van der Waals surface area contributed by atoms with Gasteiger partial charge in [0.15, 0.2) is 0 Å². The lowest BCUT2D eigenvalue weighted by atomic mass is 9.32. The van der Waals surface area contributed by atoms with Gasteiger partial charge in [0.1, 0.15) is 0 Å². The maximum absolute atomic E-state index is 4.23. The van der Waals surface area contributed by atoms with Gasteiger partial charge in [-0.25, -0.2) is 0 Å². The van der Waals surface area contributed by atoms with E-state index in [4.69, 9.17) is 0 Å². The van der Waals surface area contributed by atoms with Crippen LogP contribution in [-0.4, -0.2) is 0 Å². The average molecular weight is 767 g/mol. The predicted molar refractivity (Wildman–Crippen MR) is 247 cm³/mol. The van der Waals surface area contributed by atoms with Crippen LogP contribution < -0.4 is 0 Å². The summed E-state index contributed by atoms with van der Waals surface area (Å²) in [6, 6.07) is 10.2. The van der Waals surface area contributed by atoms with Gasteiger partial charge in [0.25, 0.3) is 0 Å². The molecule has 318 valence electrons. The molecular weight excluding hydrogens is 673 g/mol. The molecule has 0 aliphatic heterocycles. The predicted octanol–water partition coefficient (Wildman–Crippen LogP) is 17.5. The highest BCUT2D eigenvalue weighted by Crippen LogP contribution is 2.79. The molecule has 0 spiro atoms. The largest absolute Gasteiger partial charge is 0.0985 e. The average Bonchev–Trinajstić information content (AvgIpc) is 2.94. The molecule has 0 amide bonds. The smallest absolute Gasteiger partial charge is 0.00311 e. The molecule has 0 aromatic heterocycles. The van der Waals surface area contributed by atoms with Crippen LogP contribution in [0.1, 0.15) is 230 Å². The van der Waals surface area contributed by atoms with E-state index in [0.717, 1.165) is 41.4 Å². The zero-order valence-electron chi connectivity index (χ0n) is 40.1. The van der Waals surface area contributed by atoms with Crippen LogP contribution in [0.2, 0.25) is 0 Å². The van der Waals surface area contributed by atoms with Crippen LogP contribution in [0, 0.1) is 79.3 Å². The Labute approximate surface area is 350 Å². The van der Waals surface area contributed by atoms with Gasteiger partial charge >= 0.3 is 0 Å². The van der Waals surface area contributed by atoms with Crippen LogP contribution in [-0.2, 0) is 5.41 Å². The third-order valence-corrected chi connectivity index (χ3v) is 16.5. The van der Waals surface area contributed by atoms with E-state index in [1.165, 1.54) is 128 Å². The molecule has 0 heterocycles. The molecule has 0 radical (unpaired) electrons. The summed E-state index contributed by atoms with van der Waals surface area (Å²) in [6.07, 6.45) is 30.0. The summed E-state index contributed by atoms with van der Waals surface area (Å²) in [5.41, 5.74) is 6.06. The van der Waals surface area contributed by atoms with E-state index in [1.54, 1.807) is 5.56 Å². The molecule has 6 saturated carbocycles. The minimum absolute atomic E-state index is 0.212. The molecule has 0 heteroatoms. The van der Waals surface area contributed by atoms with Crippen molar-refractivity contribution in [2.45, 2.75) is 224 Å². The minimum atomic E-state index is 0.212. The van der Waals surface area contributed by atoms with E-state index in [1.807, 2.05) is 0 Å². The molecule has 6 aliphatic rings. The van der Waals surface area contributed by atoms with E-state index >= 15 is 0 Å². The fraction of sp³-hybridized carbons (Fsp3) is 0.857. The lowest BCUT2D eigenvalue weighted by Crippen LogP contribution is -2.62. The molecule has 6 aliphatic carbocycles. The van der Waals surface area contributed by atoms with E-state index < -0.39 is 0 Å². The summed E-state index contributed by atoms with van der Waals surface area (Å²) in [5.74, 6) is 5.17. The lowest BCUT2D eigenvalue weighted by molar-refractivity contribution is -0.205. The van der Waals surface area contributed by atoms with Crippen LogP contribution in [0.5, 0.6) is 0 Å². The van der Waals surface area contributed by atoms with Crippen molar-refractivity contribution in [3.05, 3.63) is 42.0 Å². The Bertz CT molecular complexity index is 1320. The normalized spacial score (nSPS) is 39.6. The van der Waals surface area contributed by atoms with E-state index in [0.29, 0.717) is 37.9 Å². The Kier molecular flexibility index (Phi) is 12.5. The highest BCUT2D eigenvalue weighted by molar-refractivity contribution is 5.48. The molecule has 7 rings (SSSR count). The molecule has 0 unspecified atom stereocenters. The van der Waals surface area contributed by atoms with Gasteiger partial charge in [-0.05, 0) is 218 Å². The molecule has 1 aromatic carbocycles. The number of benzene rings is 1. The second-order valence-electron chi connectivity index (χ2n) is 26.9. The molecule has 8 bridgehead atoms. The van der Waals surface area contributed by atoms with Crippen LogP contribution >= 0.6 is 0 Å². The second-order valence-corrected chi connectivity index (χ2v) is 26.9. The molecule has 0 nitrogen and oxygen atoms in total. The van der Waals surface area contributed by atoms with E-state index in [9.17, 15) is 0 Å². The van der Waals surface area contributed by atoms with Crippen molar-refractivity contribution >= 4 is 6.08 Å².